The Labute approximate surface area is 180 Å². The van der Waals surface area contributed by atoms with Gasteiger partial charge in [0, 0.05) is 24.0 Å². The molecule has 5 nitrogen and oxygen atoms in total. The molecule has 1 aliphatic carbocycles. The molecule has 0 amide bonds. The number of hydrogen-bond acceptors (Lipinski definition) is 5. The molecule has 30 heavy (non-hydrogen) atoms. The monoisotopic (exact) mass is 425 g/mol. The van der Waals surface area contributed by atoms with Crippen LogP contribution in [-0.4, -0.2) is 25.3 Å². The van der Waals surface area contributed by atoms with Crippen molar-refractivity contribution in [2.45, 2.75) is 38.6 Å². The number of methoxy groups -OCH3 is 1. The third-order valence-corrected chi connectivity index (χ3v) is 6.46. The molecule has 0 atom stereocenters. The molecule has 0 saturated heterocycles. The lowest BCUT2D eigenvalue weighted by Gasteiger charge is -2.30. The van der Waals surface area contributed by atoms with E-state index in [0.29, 0.717) is 29.6 Å². The van der Waals surface area contributed by atoms with Gasteiger partial charge in [-0.05, 0) is 55.4 Å². The first-order valence-electron chi connectivity index (χ1n) is 10.4. The molecule has 2 heterocycles. The molecule has 1 aromatic heterocycles. The summed E-state index contributed by atoms with van der Waals surface area (Å²) in [5.74, 6) is 1.53. The third kappa shape index (κ3) is 3.36. The van der Waals surface area contributed by atoms with Crippen LogP contribution in [0.1, 0.15) is 35.1 Å². The van der Waals surface area contributed by atoms with E-state index in [9.17, 15) is 4.79 Å². The summed E-state index contributed by atoms with van der Waals surface area (Å²) in [6.07, 6.45) is 4.62. The molecule has 0 bridgehead atoms. The largest absolute Gasteiger partial charge is 0.496 e. The highest BCUT2D eigenvalue weighted by molar-refractivity contribution is 6.33. The molecule has 1 aliphatic heterocycles. The molecular formula is C24H24ClNO4. The Hall–Kier alpha value is -2.50. The van der Waals surface area contributed by atoms with Gasteiger partial charge >= 0.3 is 5.63 Å². The first kappa shape index (κ1) is 19.5. The van der Waals surface area contributed by atoms with Crippen LogP contribution in [0.2, 0.25) is 5.02 Å². The van der Waals surface area contributed by atoms with E-state index in [4.69, 9.17) is 25.5 Å². The lowest BCUT2D eigenvalue weighted by Crippen LogP contribution is -2.34. The molecule has 6 heteroatoms. The van der Waals surface area contributed by atoms with E-state index in [2.05, 4.69) is 11.0 Å². The van der Waals surface area contributed by atoms with Crippen molar-refractivity contribution in [1.82, 2.24) is 4.90 Å². The zero-order chi connectivity index (χ0) is 20.7. The highest BCUT2D eigenvalue weighted by Crippen LogP contribution is 2.40. The van der Waals surface area contributed by atoms with Crippen LogP contribution in [0.5, 0.6) is 11.5 Å². The van der Waals surface area contributed by atoms with E-state index in [1.807, 2.05) is 24.3 Å². The average molecular weight is 426 g/mol. The second kappa shape index (κ2) is 7.97. The zero-order valence-electron chi connectivity index (χ0n) is 17.0. The lowest BCUT2D eigenvalue weighted by atomic mass is 9.90. The van der Waals surface area contributed by atoms with Gasteiger partial charge in [0.05, 0.1) is 17.7 Å². The number of benzene rings is 2. The van der Waals surface area contributed by atoms with Crippen LogP contribution in [0, 0.1) is 0 Å². The normalized spacial score (nSPS) is 16.1. The number of para-hydroxylation sites is 1. The topological polar surface area (TPSA) is 51.9 Å². The molecule has 156 valence electrons. The highest BCUT2D eigenvalue weighted by Gasteiger charge is 2.27. The van der Waals surface area contributed by atoms with Crippen LogP contribution in [0.3, 0.4) is 0 Å². The van der Waals surface area contributed by atoms with E-state index < -0.39 is 0 Å². The summed E-state index contributed by atoms with van der Waals surface area (Å²) >= 11 is 6.58. The maximum Gasteiger partial charge on any atom is 0.339 e. The van der Waals surface area contributed by atoms with Crippen molar-refractivity contribution in [2.24, 2.45) is 0 Å². The fourth-order valence-electron chi connectivity index (χ4n) is 4.65. The van der Waals surface area contributed by atoms with Crippen LogP contribution in [0.25, 0.3) is 11.0 Å². The molecule has 0 unspecified atom stereocenters. The summed E-state index contributed by atoms with van der Waals surface area (Å²) < 4.78 is 17.3. The quantitative estimate of drug-likeness (QED) is 0.566. The zero-order valence-corrected chi connectivity index (χ0v) is 17.8. The van der Waals surface area contributed by atoms with Crippen molar-refractivity contribution in [3.63, 3.8) is 0 Å². The van der Waals surface area contributed by atoms with Gasteiger partial charge in [0.15, 0.2) is 0 Å². The van der Waals surface area contributed by atoms with E-state index in [0.717, 1.165) is 72.0 Å². The first-order chi connectivity index (χ1) is 14.7. The molecular weight excluding hydrogens is 402 g/mol. The Bertz CT molecular complexity index is 1170. The Morgan fingerprint density at radius 2 is 1.93 bits per heavy atom. The minimum absolute atomic E-state index is 0.215. The highest BCUT2D eigenvalue weighted by atomic mass is 35.5. The smallest absolute Gasteiger partial charge is 0.339 e. The molecule has 2 aliphatic rings. The van der Waals surface area contributed by atoms with Crippen LogP contribution < -0.4 is 15.1 Å². The summed E-state index contributed by atoms with van der Waals surface area (Å²) in [4.78, 5) is 14.8. The maximum atomic E-state index is 12.6. The van der Waals surface area contributed by atoms with Gasteiger partial charge in [-0.25, -0.2) is 4.79 Å². The van der Waals surface area contributed by atoms with Gasteiger partial charge in [-0.2, -0.15) is 0 Å². The van der Waals surface area contributed by atoms with Gasteiger partial charge in [-0.1, -0.05) is 29.8 Å². The molecule has 0 N–H and O–H groups in total. The van der Waals surface area contributed by atoms with Crippen molar-refractivity contribution in [3.05, 3.63) is 68.0 Å². The predicted molar refractivity (Wildman–Crippen MR) is 117 cm³/mol. The van der Waals surface area contributed by atoms with Gasteiger partial charge in [0.2, 0.25) is 0 Å². The molecule has 0 saturated carbocycles. The summed E-state index contributed by atoms with van der Waals surface area (Å²) in [6, 6.07) is 9.95. The van der Waals surface area contributed by atoms with E-state index in [-0.39, 0.29) is 5.63 Å². The number of halogens is 1. The number of aryl methyl sites for hydroxylation is 1. The minimum atomic E-state index is -0.215. The predicted octanol–water partition coefficient (Wildman–Crippen LogP) is 4.73. The summed E-state index contributed by atoms with van der Waals surface area (Å²) in [5, 5.41) is 1.55. The van der Waals surface area contributed by atoms with E-state index in [1.165, 1.54) is 0 Å². The number of hydrogen-bond donors (Lipinski definition) is 0. The van der Waals surface area contributed by atoms with E-state index >= 15 is 0 Å². The van der Waals surface area contributed by atoms with Crippen molar-refractivity contribution in [1.29, 1.82) is 0 Å². The Morgan fingerprint density at radius 1 is 1.13 bits per heavy atom. The molecule has 0 radical (unpaired) electrons. The fraction of sp³-hybridized carbons (Fsp3) is 0.375. The van der Waals surface area contributed by atoms with E-state index in [1.54, 1.807) is 7.11 Å². The van der Waals surface area contributed by atoms with Gasteiger partial charge in [0.1, 0.15) is 23.8 Å². The van der Waals surface area contributed by atoms with Gasteiger partial charge < -0.3 is 13.9 Å². The number of fused-ring (bicyclic) bond motifs is 5. The van der Waals surface area contributed by atoms with Crippen molar-refractivity contribution < 1.29 is 13.9 Å². The van der Waals surface area contributed by atoms with Crippen LogP contribution in [0.4, 0.5) is 0 Å². The molecule has 5 rings (SSSR count). The molecule has 0 fully saturated rings. The number of ether oxygens (including phenoxy) is 2. The van der Waals surface area contributed by atoms with Gasteiger partial charge in [-0.3, -0.25) is 4.90 Å². The average Bonchev–Trinajstić information content (AvgIpc) is 2.79. The second-order valence-electron chi connectivity index (χ2n) is 7.98. The first-order valence-corrected chi connectivity index (χ1v) is 10.8. The Balaban J connectivity index is 1.48. The molecule has 0 spiro atoms. The maximum absolute atomic E-state index is 12.6. The standard InChI is InChI=1S/C24H24ClNO4/c1-28-21-9-5-2-6-15(21)10-11-26-13-19-22-18(12-20(25)23(19)29-14-26)16-7-3-4-8-17(16)24(27)30-22/h2,5-6,9,12H,3-4,7-8,10-11,13-14H2,1H3. The van der Waals surface area contributed by atoms with Crippen molar-refractivity contribution in [2.75, 3.05) is 20.4 Å². The van der Waals surface area contributed by atoms with Crippen molar-refractivity contribution >= 4 is 22.6 Å². The molecule has 2 aromatic carbocycles. The lowest BCUT2D eigenvalue weighted by molar-refractivity contribution is 0.0967. The number of rotatable bonds is 4. The summed E-state index contributed by atoms with van der Waals surface area (Å²) in [5.41, 5.74) is 4.35. The Kier molecular flexibility index (Phi) is 5.17. The van der Waals surface area contributed by atoms with Crippen molar-refractivity contribution in [3.8, 4) is 11.5 Å². The van der Waals surface area contributed by atoms with Crippen LogP contribution in [0.15, 0.2) is 39.5 Å². The van der Waals surface area contributed by atoms with Crippen LogP contribution in [-0.2, 0) is 25.8 Å². The van der Waals surface area contributed by atoms with Gasteiger partial charge in [-0.15, -0.1) is 0 Å². The third-order valence-electron chi connectivity index (χ3n) is 6.18. The molecule has 3 aromatic rings. The SMILES string of the molecule is COc1ccccc1CCN1COc2c(Cl)cc3c4c(c(=O)oc3c2C1)CCCC4. The van der Waals surface area contributed by atoms with Crippen LogP contribution >= 0.6 is 11.6 Å². The minimum Gasteiger partial charge on any atom is -0.496 e. The number of nitrogens with zero attached hydrogens (tertiary/aromatic N) is 1. The fourth-order valence-corrected chi connectivity index (χ4v) is 4.92. The summed E-state index contributed by atoms with van der Waals surface area (Å²) in [7, 11) is 1.69. The summed E-state index contributed by atoms with van der Waals surface area (Å²) in [6.45, 7) is 1.87. The second-order valence-corrected chi connectivity index (χ2v) is 8.39. The van der Waals surface area contributed by atoms with Gasteiger partial charge in [0.25, 0.3) is 0 Å². The Morgan fingerprint density at radius 3 is 2.77 bits per heavy atom.